The first-order valence-electron chi connectivity index (χ1n) is 9.85. The highest BCUT2D eigenvalue weighted by Gasteiger charge is 2.26. The molecule has 0 bridgehead atoms. The summed E-state index contributed by atoms with van der Waals surface area (Å²) in [5.41, 5.74) is 1.34. The van der Waals surface area contributed by atoms with Crippen molar-refractivity contribution in [2.75, 3.05) is 39.8 Å². The van der Waals surface area contributed by atoms with Crippen molar-refractivity contribution in [3.8, 4) is 0 Å². The van der Waals surface area contributed by atoms with Gasteiger partial charge in [-0.25, -0.2) is 0 Å². The SMILES string of the molecule is CN=C(NCCCOC1CCN(Cc2ccccc2)CC1)NCCC(F)(F)F. The van der Waals surface area contributed by atoms with Gasteiger partial charge in [0.25, 0.3) is 0 Å². The molecule has 1 fully saturated rings. The van der Waals surface area contributed by atoms with Gasteiger partial charge >= 0.3 is 6.18 Å². The van der Waals surface area contributed by atoms with Crippen molar-refractivity contribution in [1.82, 2.24) is 15.5 Å². The molecule has 1 aromatic rings. The second-order valence-electron chi connectivity index (χ2n) is 6.98. The summed E-state index contributed by atoms with van der Waals surface area (Å²) in [6.45, 7) is 4.12. The van der Waals surface area contributed by atoms with Gasteiger partial charge in [0.2, 0.25) is 0 Å². The van der Waals surface area contributed by atoms with Crippen LogP contribution in [0.1, 0.15) is 31.2 Å². The summed E-state index contributed by atoms with van der Waals surface area (Å²) in [6.07, 6.45) is -1.90. The molecule has 0 amide bonds. The van der Waals surface area contributed by atoms with E-state index in [0.717, 1.165) is 38.9 Å². The number of benzene rings is 1. The van der Waals surface area contributed by atoms with Gasteiger partial charge in [-0.05, 0) is 24.8 Å². The van der Waals surface area contributed by atoms with E-state index in [1.54, 1.807) is 7.05 Å². The van der Waals surface area contributed by atoms with E-state index in [9.17, 15) is 13.2 Å². The summed E-state index contributed by atoms with van der Waals surface area (Å²) in [6, 6.07) is 10.5. The zero-order chi connectivity index (χ0) is 20.2. The molecule has 8 heteroatoms. The van der Waals surface area contributed by atoms with Crippen molar-refractivity contribution in [2.45, 2.75) is 44.5 Å². The van der Waals surface area contributed by atoms with Crippen LogP contribution in [0.15, 0.2) is 35.3 Å². The quantitative estimate of drug-likeness (QED) is 0.380. The van der Waals surface area contributed by atoms with Crippen LogP contribution >= 0.6 is 0 Å². The van der Waals surface area contributed by atoms with Crippen molar-refractivity contribution in [3.63, 3.8) is 0 Å². The highest BCUT2D eigenvalue weighted by atomic mass is 19.4. The summed E-state index contributed by atoms with van der Waals surface area (Å²) in [7, 11) is 1.54. The van der Waals surface area contributed by atoms with Crippen LogP contribution in [-0.4, -0.2) is 63.0 Å². The predicted octanol–water partition coefficient (Wildman–Crippen LogP) is 3.18. The Hall–Kier alpha value is -1.80. The van der Waals surface area contributed by atoms with Crippen molar-refractivity contribution in [3.05, 3.63) is 35.9 Å². The van der Waals surface area contributed by atoms with Gasteiger partial charge in [-0.3, -0.25) is 9.89 Å². The van der Waals surface area contributed by atoms with Crippen molar-refractivity contribution < 1.29 is 17.9 Å². The number of ether oxygens (including phenoxy) is 1. The Morgan fingerprint density at radius 2 is 1.82 bits per heavy atom. The van der Waals surface area contributed by atoms with Crippen LogP contribution in [0.3, 0.4) is 0 Å². The first-order valence-corrected chi connectivity index (χ1v) is 9.85. The lowest BCUT2D eigenvalue weighted by Crippen LogP contribution is -2.40. The molecule has 0 unspecified atom stereocenters. The fraction of sp³-hybridized carbons (Fsp3) is 0.650. The van der Waals surface area contributed by atoms with E-state index in [4.69, 9.17) is 4.74 Å². The number of hydrogen-bond donors (Lipinski definition) is 2. The smallest absolute Gasteiger partial charge is 0.378 e. The number of halogens is 3. The number of aliphatic imine (C=N–C) groups is 1. The first-order chi connectivity index (χ1) is 13.5. The predicted molar refractivity (Wildman–Crippen MR) is 105 cm³/mol. The zero-order valence-corrected chi connectivity index (χ0v) is 16.5. The fourth-order valence-corrected chi connectivity index (χ4v) is 3.15. The summed E-state index contributed by atoms with van der Waals surface area (Å²) in [5, 5.41) is 5.67. The van der Waals surface area contributed by atoms with E-state index in [1.165, 1.54) is 5.56 Å². The molecule has 0 saturated carbocycles. The third-order valence-corrected chi connectivity index (χ3v) is 4.68. The molecule has 0 spiro atoms. The molecular weight excluding hydrogens is 369 g/mol. The molecule has 1 heterocycles. The minimum absolute atomic E-state index is 0.179. The van der Waals surface area contributed by atoms with Crippen LogP contribution in [0, 0.1) is 0 Å². The average molecular weight is 400 g/mol. The van der Waals surface area contributed by atoms with Gasteiger partial charge in [0.15, 0.2) is 5.96 Å². The number of guanidine groups is 1. The number of nitrogens with one attached hydrogen (secondary N) is 2. The van der Waals surface area contributed by atoms with Gasteiger partial charge in [0, 0.05) is 46.4 Å². The van der Waals surface area contributed by atoms with Crippen molar-refractivity contribution in [1.29, 1.82) is 0 Å². The molecule has 1 aliphatic heterocycles. The van der Waals surface area contributed by atoms with Gasteiger partial charge < -0.3 is 15.4 Å². The van der Waals surface area contributed by atoms with Gasteiger partial charge in [0.1, 0.15) is 0 Å². The lowest BCUT2D eigenvalue weighted by molar-refractivity contribution is -0.132. The van der Waals surface area contributed by atoms with Gasteiger partial charge in [-0.15, -0.1) is 0 Å². The van der Waals surface area contributed by atoms with E-state index in [0.29, 0.717) is 19.1 Å². The third kappa shape index (κ3) is 9.41. The second kappa shape index (κ2) is 11.9. The van der Waals surface area contributed by atoms with E-state index in [2.05, 4.69) is 44.8 Å². The standard InChI is InChI=1S/C20H31F3N4O/c1-24-19(26-12-10-20(21,22)23)25-11-5-15-28-18-8-13-27(14-9-18)16-17-6-3-2-4-7-17/h2-4,6-7,18H,5,8-16H2,1H3,(H2,24,25,26). The molecule has 2 rings (SSSR count). The Kier molecular flexibility index (Phi) is 9.57. The van der Waals surface area contributed by atoms with Crippen LogP contribution in [0.4, 0.5) is 13.2 Å². The summed E-state index contributed by atoms with van der Waals surface area (Å²) in [4.78, 5) is 6.37. The molecule has 1 aromatic carbocycles. The molecule has 1 saturated heterocycles. The monoisotopic (exact) mass is 400 g/mol. The molecule has 0 atom stereocenters. The Morgan fingerprint density at radius 3 is 2.46 bits per heavy atom. The topological polar surface area (TPSA) is 48.9 Å². The highest BCUT2D eigenvalue weighted by Crippen LogP contribution is 2.18. The van der Waals surface area contributed by atoms with Crippen LogP contribution < -0.4 is 10.6 Å². The van der Waals surface area contributed by atoms with Crippen LogP contribution in [-0.2, 0) is 11.3 Å². The number of piperidine rings is 1. The molecule has 158 valence electrons. The van der Waals surface area contributed by atoms with Gasteiger partial charge in [-0.1, -0.05) is 30.3 Å². The zero-order valence-electron chi connectivity index (χ0n) is 16.5. The second-order valence-corrected chi connectivity index (χ2v) is 6.98. The average Bonchev–Trinajstić information content (AvgIpc) is 2.67. The van der Waals surface area contributed by atoms with E-state index < -0.39 is 12.6 Å². The van der Waals surface area contributed by atoms with Crippen molar-refractivity contribution >= 4 is 5.96 Å². The Balaban J connectivity index is 1.51. The molecule has 2 N–H and O–H groups in total. The molecule has 5 nitrogen and oxygen atoms in total. The largest absolute Gasteiger partial charge is 0.390 e. The summed E-state index contributed by atoms with van der Waals surface area (Å²) >= 11 is 0. The lowest BCUT2D eigenvalue weighted by Gasteiger charge is -2.32. The summed E-state index contributed by atoms with van der Waals surface area (Å²) < 4.78 is 42.4. The lowest BCUT2D eigenvalue weighted by atomic mass is 10.1. The van der Waals surface area contributed by atoms with Crippen LogP contribution in [0.2, 0.25) is 0 Å². The molecule has 28 heavy (non-hydrogen) atoms. The van der Waals surface area contributed by atoms with Crippen LogP contribution in [0.5, 0.6) is 0 Å². The van der Waals surface area contributed by atoms with Crippen LogP contribution in [0.25, 0.3) is 0 Å². The molecular formula is C20H31F3N4O. The first kappa shape index (κ1) is 22.5. The van der Waals surface area contributed by atoms with Gasteiger partial charge in [0.05, 0.1) is 12.5 Å². The number of nitrogens with zero attached hydrogens (tertiary/aromatic N) is 2. The number of alkyl halides is 3. The van der Waals surface area contributed by atoms with E-state index in [1.807, 2.05) is 6.07 Å². The molecule has 1 aliphatic rings. The van der Waals surface area contributed by atoms with E-state index >= 15 is 0 Å². The maximum absolute atomic E-state index is 12.2. The molecule has 0 aliphatic carbocycles. The minimum Gasteiger partial charge on any atom is -0.378 e. The maximum Gasteiger partial charge on any atom is 0.390 e. The Labute approximate surface area is 165 Å². The summed E-state index contributed by atoms with van der Waals surface area (Å²) in [5.74, 6) is 0.387. The Bertz CT molecular complexity index is 573. The Morgan fingerprint density at radius 1 is 1.14 bits per heavy atom. The number of hydrogen-bond acceptors (Lipinski definition) is 3. The number of likely N-dealkylation sites (tertiary alicyclic amines) is 1. The van der Waals surface area contributed by atoms with Crippen molar-refractivity contribution in [2.24, 2.45) is 4.99 Å². The fourth-order valence-electron chi connectivity index (χ4n) is 3.15. The van der Waals surface area contributed by atoms with Gasteiger partial charge in [-0.2, -0.15) is 13.2 Å². The molecule has 0 aromatic heterocycles. The maximum atomic E-state index is 12.2. The number of rotatable bonds is 9. The van der Waals surface area contributed by atoms with E-state index in [-0.39, 0.29) is 12.6 Å². The molecule has 0 radical (unpaired) electrons. The third-order valence-electron chi connectivity index (χ3n) is 4.68. The highest BCUT2D eigenvalue weighted by molar-refractivity contribution is 5.79. The normalized spacial score (nSPS) is 16.9. The minimum atomic E-state index is -4.16.